The SMILES string of the molecule is O=C(N[C@H](CN1CCCC1)c1ccccc1)C1(c2ccc3[nH]c(=O)[nH]c3c2)CC1. The molecule has 150 valence electrons. The molecule has 2 fully saturated rings. The molecule has 1 atom stereocenters. The van der Waals surface area contributed by atoms with Gasteiger partial charge in [-0.2, -0.15) is 0 Å². The molecular formula is C23H26N4O2. The lowest BCUT2D eigenvalue weighted by Crippen LogP contribution is -2.41. The van der Waals surface area contributed by atoms with E-state index in [1.54, 1.807) is 0 Å². The summed E-state index contributed by atoms with van der Waals surface area (Å²) in [6.07, 6.45) is 4.14. The molecule has 5 rings (SSSR count). The quantitative estimate of drug-likeness (QED) is 0.605. The highest BCUT2D eigenvalue weighted by atomic mass is 16.2. The molecule has 6 nitrogen and oxygen atoms in total. The summed E-state index contributed by atoms with van der Waals surface area (Å²) < 4.78 is 0. The van der Waals surface area contributed by atoms with Crippen LogP contribution in [-0.2, 0) is 10.2 Å². The Morgan fingerprint density at radius 2 is 1.76 bits per heavy atom. The zero-order chi connectivity index (χ0) is 19.8. The first kappa shape index (κ1) is 18.2. The summed E-state index contributed by atoms with van der Waals surface area (Å²) in [5, 5.41) is 3.35. The van der Waals surface area contributed by atoms with Crippen molar-refractivity contribution in [1.82, 2.24) is 20.2 Å². The van der Waals surface area contributed by atoms with Crippen LogP contribution in [0.5, 0.6) is 0 Å². The van der Waals surface area contributed by atoms with Crippen molar-refractivity contribution in [1.29, 1.82) is 0 Å². The van der Waals surface area contributed by atoms with Gasteiger partial charge in [0.1, 0.15) is 0 Å². The van der Waals surface area contributed by atoms with E-state index in [-0.39, 0.29) is 17.6 Å². The van der Waals surface area contributed by atoms with E-state index in [1.807, 2.05) is 36.4 Å². The van der Waals surface area contributed by atoms with Crippen molar-refractivity contribution in [2.75, 3.05) is 19.6 Å². The molecule has 29 heavy (non-hydrogen) atoms. The van der Waals surface area contributed by atoms with Gasteiger partial charge in [0.15, 0.2) is 0 Å². The van der Waals surface area contributed by atoms with E-state index in [1.165, 1.54) is 12.8 Å². The van der Waals surface area contributed by atoms with Crippen molar-refractivity contribution in [2.45, 2.75) is 37.1 Å². The number of rotatable bonds is 6. The van der Waals surface area contributed by atoms with Crippen molar-refractivity contribution in [3.8, 4) is 0 Å². The Bertz CT molecular complexity index is 1070. The van der Waals surface area contributed by atoms with Crippen LogP contribution in [0.2, 0.25) is 0 Å². The second-order valence-corrected chi connectivity index (χ2v) is 8.37. The average Bonchev–Trinajstić information content (AvgIpc) is 3.22. The molecule has 6 heteroatoms. The number of hydrogen-bond donors (Lipinski definition) is 3. The van der Waals surface area contributed by atoms with Gasteiger partial charge in [0.25, 0.3) is 0 Å². The molecule has 1 aromatic heterocycles. The van der Waals surface area contributed by atoms with E-state index < -0.39 is 5.41 Å². The Labute approximate surface area is 169 Å². The van der Waals surface area contributed by atoms with Crippen LogP contribution in [0.4, 0.5) is 0 Å². The van der Waals surface area contributed by atoms with Gasteiger partial charge < -0.3 is 20.2 Å². The van der Waals surface area contributed by atoms with E-state index in [0.29, 0.717) is 0 Å². The number of carbonyl (C=O) groups is 1. The summed E-state index contributed by atoms with van der Waals surface area (Å²) in [6.45, 7) is 3.04. The first-order chi connectivity index (χ1) is 14.1. The lowest BCUT2D eigenvalue weighted by Gasteiger charge is -2.27. The fourth-order valence-electron chi connectivity index (χ4n) is 4.54. The molecule has 0 radical (unpaired) electrons. The van der Waals surface area contributed by atoms with Crippen LogP contribution in [0.15, 0.2) is 53.3 Å². The molecule has 2 heterocycles. The van der Waals surface area contributed by atoms with Crippen LogP contribution in [-0.4, -0.2) is 40.4 Å². The Kier molecular flexibility index (Phi) is 4.51. The summed E-state index contributed by atoms with van der Waals surface area (Å²) in [4.78, 5) is 33.0. The summed E-state index contributed by atoms with van der Waals surface area (Å²) in [5.41, 5.74) is 2.94. The normalized spacial score (nSPS) is 19.3. The summed E-state index contributed by atoms with van der Waals surface area (Å²) in [7, 11) is 0. The molecule has 3 N–H and O–H groups in total. The molecule has 1 amide bonds. The highest BCUT2D eigenvalue weighted by Gasteiger charge is 2.51. The predicted molar refractivity (Wildman–Crippen MR) is 113 cm³/mol. The number of amides is 1. The van der Waals surface area contributed by atoms with Gasteiger partial charge in [-0.1, -0.05) is 36.4 Å². The number of nitrogens with one attached hydrogen (secondary N) is 3. The van der Waals surface area contributed by atoms with Crippen LogP contribution in [0.1, 0.15) is 42.9 Å². The van der Waals surface area contributed by atoms with Gasteiger partial charge in [0.05, 0.1) is 22.5 Å². The van der Waals surface area contributed by atoms with Crippen molar-refractivity contribution in [3.05, 3.63) is 70.1 Å². The van der Waals surface area contributed by atoms with Crippen molar-refractivity contribution >= 4 is 16.9 Å². The maximum atomic E-state index is 13.4. The number of fused-ring (bicyclic) bond motifs is 1. The maximum Gasteiger partial charge on any atom is 0.323 e. The second-order valence-electron chi connectivity index (χ2n) is 8.37. The molecule has 1 saturated carbocycles. The lowest BCUT2D eigenvalue weighted by atomic mass is 9.93. The Balaban J connectivity index is 1.40. The first-order valence-electron chi connectivity index (χ1n) is 10.4. The predicted octanol–water partition coefficient (Wildman–Crippen LogP) is 2.84. The number of hydrogen-bond acceptors (Lipinski definition) is 3. The molecule has 3 aromatic rings. The number of imidazole rings is 1. The number of aromatic amines is 2. The Hall–Kier alpha value is -2.86. The van der Waals surface area contributed by atoms with Gasteiger partial charge >= 0.3 is 5.69 Å². The van der Waals surface area contributed by atoms with E-state index in [2.05, 4.69) is 32.3 Å². The summed E-state index contributed by atoms with van der Waals surface area (Å²) in [5.74, 6) is 0.0859. The van der Waals surface area contributed by atoms with E-state index >= 15 is 0 Å². The summed E-state index contributed by atoms with van der Waals surface area (Å²) >= 11 is 0. The van der Waals surface area contributed by atoms with Gasteiger partial charge in [-0.3, -0.25) is 4.79 Å². The summed E-state index contributed by atoms with van der Waals surface area (Å²) in [6, 6.07) is 16.0. The van der Waals surface area contributed by atoms with Crippen LogP contribution < -0.4 is 11.0 Å². The number of nitrogens with zero attached hydrogens (tertiary/aromatic N) is 1. The van der Waals surface area contributed by atoms with Gasteiger partial charge in [0, 0.05) is 6.54 Å². The van der Waals surface area contributed by atoms with Gasteiger partial charge in [-0.05, 0) is 62.0 Å². The molecule has 0 bridgehead atoms. The standard InChI is InChI=1S/C23H26N4O2/c28-21(23(10-11-23)17-8-9-18-19(14-17)26-22(29)25-18)24-20(15-27-12-4-5-13-27)16-6-2-1-3-7-16/h1-3,6-9,14,20H,4-5,10-13,15H2,(H,24,28)(H2,25,26,29)/t20-/m1/s1. The van der Waals surface area contributed by atoms with E-state index in [9.17, 15) is 9.59 Å². The molecule has 2 aliphatic rings. The number of aromatic nitrogens is 2. The minimum Gasteiger partial charge on any atom is -0.347 e. The molecule has 0 unspecified atom stereocenters. The average molecular weight is 390 g/mol. The third kappa shape index (κ3) is 3.49. The minimum atomic E-state index is -0.486. The van der Waals surface area contributed by atoms with Crippen LogP contribution in [0.3, 0.4) is 0 Å². The lowest BCUT2D eigenvalue weighted by molar-refractivity contribution is -0.124. The zero-order valence-corrected chi connectivity index (χ0v) is 16.4. The third-order valence-electron chi connectivity index (χ3n) is 6.40. The molecular weight excluding hydrogens is 364 g/mol. The number of H-pyrrole nitrogens is 2. The fraction of sp³-hybridized carbons (Fsp3) is 0.391. The van der Waals surface area contributed by atoms with Crippen molar-refractivity contribution < 1.29 is 4.79 Å². The molecule has 1 aliphatic carbocycles. The zero-order valence-electron chi connectivity index (χ0n) is 16.4. The smallest absolute Gasteiger partial charge is 0.323 e. The van der Waals surface area contributed by atoms with Gasteiger partial charge in [-0.15, -0.1) is 0 Å². The topological polar surface area (TPSA) is 81.0 Å². The van der Waals surface area contributed by atoms with Crippen molar-refractivity contribution in [2.24, 2.45) is 0 Å². The number of benzene rings is 2. The first-order valence-corrected chi connectivity index (χ1v) is 10.4. The number of likely N-dealkylation sites (tertiary alicyclic amines) is 1. The molecule has 1 aliphatic heterocycles. The third-order valence-corrected chi connectivity index (χ3v) is 6.40. The van der Waals surface area contributed by atoms with Crippen LogP contribution in [0, 0.1) is 0 Å². The van der Waals surface area contributed by atoms with E-state index in [4.69, 9.17) is 0 Å². The Morgan fingerprint density at radius 1 is 1.03 bits per heavy atom. The fourth-order valence-corrected chi connectivity index (χ4v) is 4.54. The largest absolute Gasteiger partial charge is 0.347 e. The monoisotopic (exact) mass is 390 g/mol. The molecule has 1 saturated heterocycles. The van der Waals surface area contributed by atoms with Crippen LogP contribution in [0.25, 0.3) is 11.0 Å². The van der Waals surface area contributed by atoms with Gasteiger partial charge in [-0.25, -0.2) is 4.79 Å². The van der Waals surface area contributed by atoms with E-state index in [0.717, 1.165) is 54.6 Å². The molecule has 0 spiro atoms. The van der Waals surface area contributed by atoms with Crippen molar-refractivity contribution in [3.63, 3.8) is 0 Å². The van der Waals surface area contributed by atoms with Gasteiger partial charge in [0.2, 0.25) is 5.91 Å². The van der Waals surface area contributed by atoms with Crippen LogP contribution >= 0.6 is 0 Å². The second kappa shape index (κ2) is 7.19. The maximum absolute atomic E-state index is 13.4. The number of carbonyl (C=O) groups excluding carboxylic acids is 1. The highest BCUT2D eigenvalue weighted by molar-refractivity contribution is 5.92. The highest BCUT2D eigenvalue weighted by Crippen LogP contribution is 2.49. The minimum absolute atomic E-state index is 0.0185. The Morgan fingerprint density at radius 3 is 2.48 bits per heavy atom. The molecule has 2 aromatic carbocycles.